The molecule has 0 fully saturated rings. The average molecular weight is 675 g/mol. The van der Waals surface area contributed by atoms with Crippen LogP contribution in [0.15, 0.2) is 84.0 Å². The Hall–Kier alpha value is -4.51. The summed E-state index contributed by atoms with van der Waals surface area (Å²) in [5.41, 5.74) is 2.11. The molecule has 0 bridgehead atoms. The molecule has 0 radical (unpaired) electrons. The number of fused-ring (bicyclic) bond motifs is 1. The van der Waals surface area contributed by atoms with Gasteiger partial charge in [-0.15, -0.1) is 0 Å². The molecule has 0 aliphatic carbocycles. The van der Waals surface area contributed by atoms with Crippen molar-refractivity contribution < 1.29 is 32.2 Å². The van der Waals surface area contributed by atoms with Crippen molar-refractivity contribution in [2.24, 2.45) is 5.10 Å². The number of halogens is 6. The van der Waals surface area contributed by atoms with Gasteiger partial charge < -0.3 is 14.5 Å². The van der Waals surface area contributed by atoms with Crippen molar-refractivity contribution in [3.05, 3.63) is 116 Å². The minimum absolute atomic E-state index is 0.104. The third-order valence-corrected chi connectivity index (χ3v) is 7.39. The summed E-state index contributed by atoms with van der Waals surface area (Å²) in [7, 11) is 0. The van der Waals surface area contributed by atoms with E-state index in [9.17, 15) is 22.8 Å². The number of hydrogen-bond donors (Lipinski definition) is 2. The molecule has 45 heavy (non-hydrogen) atoms. The van der Waals surface area contributed by atoms with Crippen LogP contribution < -0.4 is 14.9 Å². The number of aromatic amines is 1. The van der Waals surface area contributed by atoms with E-state index in [-0.39, 0.29) is 55.9 Å². The Morgan fingerprint density at radius 1 is 0.933 bits per heavy atom. The van der Waals surface area contributed by atoms with E-state index in [1.807, 2.05) is 0 Å². The first-order chi connectivity index (χ1) is 21.5. The van der Waals surface area contributed by atoms with Crippen LogP contribution >= 0.6 is 34.8 Å². The lowest BCUT2D eigenvalue weighted by Crippen LogP contribution is -2.19. The molecule has 0 saturated carbocycles. The molecule has 0 spiro atoms. The molecule has 230 valence electrons. The van der Waals surface area contributed by atoms with Crippen LogP contribution in [0.25, 0.3) is 22.0 Å². The van der Waals surface area contributed by atoms with Gasteiger partial charge in [0.25, 0.3) is 5.91 Å². The van der Waals surface area contributed by atoms with E-state index in [1.54, 1.807) is 37.3 Å². The average Bonchev–Trinajstić information content (AvgIpc) is 3.38. The first-order valence-electron chi connectivity index (χ1n) is 13.2. The number of nitrogens with one attached hydrogen (secondary N) is 2. The number of aromatic nitrogens is 1. The molecule has 5 aromatic rings. The molecule has 0 aliphatic heterocycles. The lowest BCUT2D eigenvalue weighted by molar-refractivity contribution is -0.136. The molecule has 1 amide bonds. The van der Waals surface area contributed by atoms with Crippen LogP contribution in [-0.2, 0) is 6.18 Å². The summed E-state index contributed by atoms with van der Waals surface area (Å²) >= 11 is 18.4. The predicted molar refractivity (Wildman–Crippen MR) is 168 cm³/mol. The van der Waals surface area contributed by atoms with Gasteiger partial charge in [-0.2, -0.15) is 18.3 Å². The number of carbonyl (C=O) groups is 2. The van der Waals surface area contributed by atoms with Crippen LogP contribution in [0.4, 0.5) is 13.2 Å². The smallest absolute Gasteiger partial charge is 0.418 e. The zero-order valence-corrected chi connectivity index (χ0v) is 25.4. The van der Waals surface area contributed by atoms with Gasteiger partial charge in [0.2, 0.25) is 0 Å². The number of esters is 1. The summed E-state index contributed by atoms with van der Waals surface area (Å²) in [6.45, 7) is 1.98. The van der Waals surface area contributed by atoms with Crippen LogP contribution in [0, 0.1) is 0 Å². The number of amides is 1. The number of nitrogens with zero attached hydrogens (tertiary/aromatic N) is 1. The van der Waals surface area contributed by atoms with Crippen molar-refractivity contribution in [3.8, 4) is 22.6 Å². The molecule has 1 heterocycles. The van der Waals surface area contributed by atoms with E-state index < -0.39 is 23.6 Å². The molecular weight excluding hydrogens is 654 g/mol. The van der Waals surface area contributed by atoms with Gasteiger partial charge in [0, 0.05) is 26.6 Å². The van der Waals surface area contributed by atoms with Crippen molar-refractivity contribution in [1.82, 2.24) is 10.4 Å². The minimum Gasteiger partial charge on any atom is -0.490 e. The summed E-state index contributed by atoms with van der Waals surface area (Å²) in [4.78, 5) is 28.7. The topological polar surface area (TPSA) is 92.8 Å². The van der Waals surface area contributed by atoms with Crippen molar-refractivity contribution in [2.75, 3.05) is 6.61 Å². The van der Waals surface area contributed by atoms with Gasteiger partial charge in [-0.25, -0.2) is 10.2 Å². The van der Waals surface area contributed by atoms with Gasteiger partial charge in [0.1, 0.15) is 5.69 Å². The molecule has 0 aliphatic rings. The predicted octanol–water partition coefficient (Wildman–Crippen LogP) is 9.20. The number of benzene rings is 4. The molecule has 0 saturated heterocycles. The van der Waals surface area contributed by atoms with Gasteiger partial charge in [-0.1, -0.05) is 65.1 Å². The first kappa shape index (κ1) is 31.9. The normalized spacial score (nSPS) is 11.6. The number of H-pyrrole nitrogens is 1. The highest BCUT2D eigenvalue weighted by molar-refractivity contribution is 6.36. The molecule has 7 nitrogen and oxygen atoms in total. The number of hydrazone groups is 1. The molecule has 0 unspecified atom stereocenters. The fourth-order valence-electron chi connectivity index (χ4n) is 4.56. The maximum atomic E-state index is 13.8. The highest BCUT2D eigenvalue weighted by atomic mass is 35.5. The van der Waals surface area contributed by atoms with Crippen molar-refractivity contribution in [2.45, 2.75) is 13.1 Å². The van der Waals surface area contributed by atoms with Crippen molar-refractivity contribution in [1.29, 1.82) is 0 Å². The number of para-hydroxylation sites is 1. The minimum atomic E-state index is -4.67. The number of ether oxygens (including phenoxy) is 2. The van der Waals surface area contributed by atoms with Crippen LogP contribution in [0.5, 0.6) is 11.5 Å². The Bertz CT molecular complexity index is 1960. The molecule has 0 atom stereocenters. The Morgan fingerprint density at radius 2 is 1.71 bits per heavy atom. The van der Waals surface area contributed by atoms with E-state index in [0.717, 1.165) is 6.07 Å². The summed E-state index contributed by atoms with van der Waals surface area (Å²) in [5.74, 6) is -1.21. The molecule has 1 aromatic heterocycles. The Kier molecular flexibility index (Phi) is 9.38. The number of alkyl halides is 3. The summed E-state index contributed by atoms with van der Waals surface area (Å²) < 4.78 is 52.6. The molecule has 4 aromatic carbocycles. The SMILES string of the molecule is CCOc1cc(C=NNC(=O)c2[nH]c3c(C(F)(F)F)cccc3c2-c2ccccc2Cl)ccc1OC(=O)c1ccc(Cl)cc1Cl. The van der Waals surface area contributed by atoms with Crippen molar-refractivity contribution >= 4 is 63.8 Å². The summed E-state index contributed by atoms with van der Waals surface area (Å²) in [6, 6.07) is 19.1. The maximum Gasteiger partial charge on any atom is 0.418 e. The van der Waals surface area contributed by atoms with Gasteiger partial charge in [-0.3, -0.25) is 4.79 Å². The van der Waals surface area contributed by atoms with Crippen LogP contribution in [0.1, 0.15) is 38.9 Å². The number of hydrogen-bond acceptors (Lipinski definition) is 5. The Morgan fingerprint density at radius 3 is 2.42 bits per heavy atom. The number of carbonyl (C=O) groups excluding carboxylic acids is 2. The fourth-order valence-corrected chi connectivity index (χ4v) is 5.27. The van der Waals surface area contributed by atoms with Gasteiger partial charge in [-0.05, 0) is 61.0 Å². The second-order valence-corrected chi connectivity index (χ2v) is 10.7. The first-order valence-corrected chi connectivity index (χ1v) is 14.4. The third-order valence-electron chi connectivity index (χ3n) is 6.51. The molecule has 5 rings (SSSR count). The Labute approximate surface area is 269 Å². The Balaban J connectivity index is 1.42. The van der Waals surface area contributed by atoms with E-state index in [4.69, 9.17) is 44.3 Å². The second-order valence-electron chi connectivity index (χ2n) is 9.43. The van der Waals surface area contributed by atoms with Gasteiger partial charge in [0.15, 0.2) is 11.5 Å². The summed E-state index contributed by atoms with van der Waals surface area (Å²) in [5, 5.41) is 4.87. The maximum absolute atomic E-state index is 13.8. The third kappa shape index (κ3) is 6.93. The molecule has 2 N–H and O–H groups in total. The standard InChI is InChI=1S/C32H21Cl3F3N3O4/c1-2-44-26-14-17(10-13-25(26)45-31(43)20-12-11-18(33)15-24(20)35)16-39-41-30(42)29-27(19-6-3-4-9-23(19)34)21-7-5-8-22(28(21)40-29)32(36,37)38/h3-16,40H,2H2,1H3,(H,41,42). The van der Waals surface area contributed by atoms with Crippen LogP contribution in [0.2, 0.25) is 15.1 Å². The lowest BCUT2D eigenvalue weighted by Gasteiger charge is -2.12. The van der Waals surface area contributed by atoms with E-state index in [2.05, 4.69) is 15.5 Å². The highest BCUT2D eigenvalue weighted by Crippen LogP contribution is 2.41. The summed E-state index contributed by atoms with van der Waals surface area (Å²) in [6.07, 6.45) is -3.38. The lowest BCUT2D eigenvalue weighted by atomic mass is 10.00. The van der Waals surface area contributed by atoms with Crippen LogP contribution in [0.3, 0.4) is 0 Å². The fraction of sp³-hybridized carbons (Fsp3) is 0.0938. The van der Waals surface area contributed by atoms with E-state index in [0.29, 0.717) is 16.1 Å². The largest absolute Gasteiger partial charge is 0.490 e. The van der Waals surface area contributed by atoms with Gasteiger partial charge in [0.05, 0.1) is 34.5 Å². The zero-order valence-electron chi connectivity index (χ0n) is 23.1. The monoisotopic (exact) mass is 673 g/mol. The quantitative estimate of drug-likeness (QED) is 0.0743. The second kappa shape index (κ2) is 13.2. The van der Waals surface area contributed by atoms with E-state index >= 15 is 0 Å². The molecular formula is C32H21Cl3F3N3O4. The highest BCUT2D eigenvalue weighted by Gasteiger charge is 2.35. The van der Waals surface area contributed by atoms with Crippen molar-refractivity contribution in [3.63, 3.8) is 0 Å². The van der Waals surface area contributed by atoms with E-state index in [1.165, 1.54) is 48.7 Å². The number of rotatable bonds is 8. The van der Waals surface area contributed by atoms with Gasteiger partial charge >= 0.3 is 12.1 Å². The van der Waals surface area contributed by atoms with Crippen LogP contribution in [-0.4, -0.2) is 29.7 Å². The zero-order chi connectivity index (χ0) is 32.3. The molecule has 13 heteroatoms.